The van der Waals surface area contributed by atoms with Crippen molar-refractivity contribution in [3.05, 3.63) is 28.8 Å². The molecule has 1 aromatic rings. The van der Waals surface area contributed by atoms with Gasteiger partial charge in [0.25, 0.3) is 0 Å². The van der Waals surface area contributed by atoms with E-state index >= 15 is 0 Å². The molecule has 0 aliphatic carbocycles. The summed E-state index contributed by atoms with van der Waals surface area (Å²) in [7, 11) is 0. The molecule has 1 amide bonds. The summed E-state index contributed by atoms with van der Waals surface area (Å²) >= 11 is 5.78. The van der Waals surface area contributed by atoms with Gasteiger partial charge in [0.15, 0.2) is 0 Å². The predicted octanol–water partition coefficient (Wildman–Crippen LogP) is 2.79. The van der Waals surface area contributed by atoms with E-state index < -0.39 is 5.97 Å². The lowest BCUT2D eigenvalue weighted by Gasteiger charge is -2.07. The number of carboxylic acids is 1. The van der Waals surface area contributed by atoms with Crippen LogP contribution in [-0.2, 0) is 9.53 Å². The number of rotatable bonds is 7. The van der Waals surface area contributed by atoms with E-state index in [0.717, 1.165) is 6.42 Å². The fourth-order valence-corrected chi connectivity index (χ4v) is 1.66. The summed E-state index contributed by atoms with van der Waals surface area (Å²) in [6.07, 6.45) is 1.12. The number of nitrogens with one attached hydrogen (secondary N) is 1. The Kier molecular flexibility index (Phi) is 6.32. The van der Waals surface area contributed by atoms with E-state index in [1.807, 2.05) is 6.92 Å². The number of hydrogen-bond donors (Lipinski definition) is 2. The summed E-state index contributed by atoms with van der Waals surface area (Å²) in [6.45, 7) is 2.94. The van der Waals surface area contributed by atoms with Crippen LogP contribution in [0.25, 0.3) is 0 Å². The zero-order valence-corrected chi connectivity index (χ0v) is 11.4. The number of carboxylic acid groups (broad SMARTS) is 1. The van der Waals surface area contributed by atoms with Gasteiger partial charge in [-0.15, -0.1) is 0 Å². The first-order valence-electron chi connectivity index (χ1n) is 5.94. The van der Waals surface area contributed by atoms with E-state index in [9.17, 15) is 9.59 Å². The number of halogens is 1. The van der Waals surface area contributed by atoms with Gasteiger partial charge < -0.3 is 15.2 Å². The fraction of sp³-hybridized carbons (Fsp3) is 0.385. The first-order valence-corrected chi connectivity index (χ1v) is 6.32. The van der Waals surface area contributed by atoms with Gasteiger partial charge in [-0.1, -0.05) is 18.5 Å². The predicted molar refractivity (Wildman–Crippen MR) is 72.8 cm³/mol. The van der Waals surface area contributed by atoms with E-state index in [4.69, 9.17) is 21.4 Å². The maximum Gasteiger partial charge on any atom is 0.335 e. The Labute approximate surface area is 116 Å². The van der Waals surface area contributed by atoms with Gasteiger partial charge in [-0.3, -0.25) is 4.79 Å². The number of carbonyl (C=O) groups is 2. The molecule has 0 saturated heterocycles. The van der Waals surface area contributed by atoms with Crippen molar-refractivity contribution in [2.45, 2.75) is 19.8 Å². The Bertz CT molecular complexity index is 462. The van der Waals surface area contributed by atoms with Crippen molar-refractivity contribution in [1.29, 1.82) is 0 Å². The number of ether oxygens (including phenoxy) is 1. The van der Waals surface area contributed by atoms with Crippen LogP contribution in [0.1, 0.15) is 30.1 Å². The summed E-state index contributed by atoms with van der Waals surface area (Å²) in [5, 5.41) is 11.7. The van der Waals surface area contributed by atoms with Crippen LogP contribution < -0.4 is 5.32 Å². The van der Waals surface area contributed by atoms with Gasteiger partial charge in [-0.2, -0.15) is 0 Å². The zero-order valence-electron chi connectivity index (χ0n) is 10.6. The smallest absolute Gasteiger partial charge is 0.335 e. The highest BCUT2D eigenvalue weighted by molar-refractivity contribution is 6.31. The van der Waals surface area contributed by atoms with Crippen molar-refractivity contribution in [1.82, 2.24) is 0 Å². The molecule has 0 saturated carbocycles. The number of carbonyl (C=O) groups excluding carboxylic acids is 1. The van der Waals surface area contributed by atoms with E-state index in [1.54, 1.807) is 0 Å². The van der Waals surface area contributed by atoms with Crippen LogP contribution in [0.4, 0.5) is 5.69 Å². The van der Waals surface area contributed by atoms with Crippen LogP contribution in [0.5, 0.6) is 0 Å². The number of benzene rings is 1. The van der Waals surface area contributed by atoms with Gasteiger partial charge in [0, 0.05) is 17.3 Å². The molecule has 0 fully saturated rings. The molecule has 0 aliphatic heterocycles. The molecular weight excluding hydrogens is 270 g/mol. The SMILES string of the molecule is CCCOCCC(=O)Nc1cc(Cl)cc(C(=O)O)c1. The molecule has 19 heavy (non-hydrogen) atoms. The molecule has 0 aromatic heterocycles. The van der Waals surface area contributed by atoms with Crippen molar-refractivity contribution < 1.29 is 19.4 Å². The second kappa shape index (κ2) is 7.76. The fourth-order valence-electron chi connectivity index (χ4n) is 1.42. The molecular formula is C13H16ClNO4. The van der Waals surface area contributed by atoms with Crippen molar-refractivity contribution in [2.75, 3.05) is 18.5 Å². The number of hydrogen-bond acceptors (Lipinski definition) is 3. The molecule has 0 spiro atoms. The minimum atomic E-state index is -1.09. The molecule has 2 N–H and O–H groups in total. The lowest BCUT2D eigenvalue weighted by molar-refractivity contribution is -0.117. The highest BCUT2D eigenvalue weighted by Crippen LogP contribution is 2.19. The van der Waals surface area contributed by atoms with Gasteiger partial charge in [0.1, 0.15) is 0 Å². The Morgan fingerprint density at radius 2 is 2.05 bits per heavy atom. The molecule has 6 heteroatoms. The molecule has 0 atom stereocenters. The van der Waals surface area contributed by atoms with Crippen LogP contribution in [0.2, 0.25) is 5.02 Å². The van der Waals surface area contributed by atoms with Gasteiger partial charge in [-0.05, 0) is 24.6 Å². The monoisotopic (exact) mass is 285 g/mol. The second-order valence-corrected chi connectivity index (χ2v) is 4.38. The second-order valence-electron chi connectivity index (χ2n) is 3.94. The van der Waals surface area contributed by atoms with Crippen LogP contribution in [0.15, 0.2) is 18.2 Å². The first-order chi connectivity index (χ1) is 9.02. The first kappa shape index (κ1) is 15.5. The molecule has 0 bridgehead atoms. The summed E-state index contributed by atoms with van der Waals surface area (Å²) in [4.78, 5) is 22.4. The third kappa shape index (κ3) is 5.72. The third-order valence-electron chi connectivity index (χ3n) is 2.25. The lowest BCUT2D eigenvalue weighted by atomic mass is 10.2. The van der Waals surface area contributed by atoms with Gasteiger partial charge in [-0.25, -0.2) is 4.79 Å². The molecule has 104 valence electrons. The average molecular weight is 286 g/mol. The minimum absolute atomic E-state index is 0.0324. The molecule has 0 unspecified atom stereocenters. The highest BCUT2D eigenvalue weighted by Gasteiger charge is 2.08. The minimum Gasteiger partial charge on any atom is -0.478 e. The quantitative estimate of drug-likeness (QED) is 0.755. The maximum atomic E-state index is 11.6. The van der Waals surface area contributed by atoms with Crippen molar-refractivity contribution in [2.24, 2.45) is 0 Å². The van der Waals surface area contributed by atoms with Gasteiger partial charge >= 0.3 is 5.97 Å². The molecule has 0 heterocycles. The van der Waals surface area contributed by atoms with Crippen molar-refractivity contribution >= 4 is 29.2 Å². The normalized spacial score (nSPS) is 10.2. The average Bonchev–Trinajstić information content (AvgIpc) is 2.34. The highest BCUT2D eigenvalue weighted by atomic mass is 35.5. The van der Waals surface area contributed by atoms with Crippen molar-refractivity contribution in [3.8, 4) is 0 Å². The zero-order chi connectivity index (χ0) is 14.3. The number of amides is 1. The molecule has 0 radical (unpaired) electrons. The Morgan fingerprint density at radius 3 is 2.68 bits per heavy atom. The van der Waals surface area contributed by atoms with Crippen LogP contribution in [-0.4, -0.2) is 30.2 Å². The Balaban J connectivity index is 2.56. The largest absolute Gasteiger partial charge is 0.478 e. The van der Waals surface area contributed by atoms with Crippen LogP contribution >= 0.6 is 11.6 Å². The molecule has 1 rings (SSSR count). The molecule has 0 aliphatic rings. The standard InChI is InChI=1S/C13H16ClNO4/c1-2-4-19-5-3-12(16)15-11-7-9(13(17)18)6-10(14)8-11/h6-8H,2-5H2,1H3,(H,15,16)(H,17,18). The topological polar surface area (TPSA) is 75.6 Å². The van der Waals surface area contributed by atoms with Crippen LogP contribution in [0.3, 0.4) is 0 Å². The summed E-state index contributed by atoms with van der Waals surface area (Å²) < 4.78 is 5.20. The molecule has 5 nitrogen and oxygen atoms in total. The van der Waals surface area contributed by atoms with Crippen molar-refractivity contribution in [3.63, 3.8) is 0 Å². The maximum absolute atomic E-state index is 11.6. The number of aromatic carboxylic acids is 1. The number of anilines is 1. The summed E-state index contributed by atoms with van der Waals surface area (Å²) in [5.41, 5.74) is 0.399. The van der Waals surface area contributed by atoms with Gasteiger partial charge in [0.2, 0.25) is 5.91 Å². The van der Waals surface area contributed by atoms with E-state index in [1.165, 1.54) is 18.2 Å². The van der Waals surface area contributed by atoms with Crippen LogP contribution in [0, 0.1) is 0 Å². The van der Waals surface area contributed by atoms with E-state index in [-0.39, 0.29) is 22.9 Å². The summed E-state index contributed by atoms with van der Waals surface area (Å²) in [5.74, 6) is -1.33. The summed E-state index contributed by atoms with van der Waals surface area (Å²) in [6, 6.07) is 4.18. The Morgan fingerprint density at radius 1 is 1.32 bits per heavy atom. The third-order valence-corrected chi connectivity index (χ3v) is 2.47. The van der Waals surface area contributed by atoms with E-state index in [2.05, 4.69) is 5.32 Å². The molecule has 1 aromatic carbocycles. The van der Waals surface area contributed by atoms with E-state index in [0.29, 0.717) is 18.9 Å². The Hall–Kier alpha value is -1.59. The lowest BCUT2D eigenvalue weighted by Crippen LogP contribution is -2.14. The van der Waals surface area contributed by atoms with Gasteiger partial charge in [0.05, 0.1) is 18.6 Å².